The lowest BCUT2D eigenvalue weighted by Crippen LogP contribution is -2.25. The van der Waals surface area contributed by atoms with E-state index in [9.17, 15) is 8.42 Å². The number of nitrogens with two attached hydrogens (primary N) is 1. The van der Waals surface area contributed by atoms with Gasteiger partial charge in [-0.1, -0.05) is 24.3 Å². The zero-order chi connectivity index (χ0) is 15.0. The van der Waals surface area contributed by atoms with Crippen LogP contribution in [0.5, 0.6) is 5.75 Å². The number of anilines is 1. The summed E-state index contributed by atoms with van der Waals surface area (Å²) in [6, 6.07) is 12.6. The maximum atomic E-state index is 12.6. The normalized spacial score (nSPS) is 16.9. The minimum Gasteiger partial charge on any atom is -0.495 e. The number of rotatable bonds is 4. The van der Waals surface area contributed by atoms with Crippen LogP contribution in [0.3, 0.4) is 0 Å². The van der Waals surface area contributed by atoms with Gasteiger partial charge in [-0.15, -0.1) is 0 Å². The van der Waals surface area contributed by atoms with Crippen molar-refractivity contribution in [3.05, 3.63) is 53.6 Å². The smallest absolute Gasteiger partial charge is 0.182 e. The number of hydrogen-bond donors (Lipinski definition) is 1. The molecule has 2 aromatic rings. The Labute approximate surface area is 124 Å². The van der Waals surface area contributed by atoms with Gasteiger partial charge in [0.15, 0.2) is 9.84 Å². The molecule has 0 fully saturated rings. The van der Waals surface area contributed by atoms with E-state index in [-0.39, 0.29) is 16.6 Å². The second-order valence-electron chi connectivity index (χ2n) is 5.29. The summed E-state index contributed by atoms with van der Waals surface area (Å²) in [7, 11) is -1.95. The maximum Gasteiger partial charge on any atom is 0.182 e. The number of ether oxygens (including phenoxy) is 1. The van der Waals surface area contributed by atoms with Gasteiger partial charge in [-0.3, -0.25) is 0 Å². The van der Waals surface area contributed by atoms with Gasteiger partial charge in [0.1, 0.15) is 10.6 Å². The molecule has 0 saturated heterocycles. The fourth-order valence-electron chi connectivity index (χ4n) is 2.81. The molecule has 4 nitrogen and oxygen atoms in total. The Balaban J connectivity index is 1.89. The molecule has 21 heavy (non-hydrogen) atoms. The lowest BCUT2D eigenvalue weighted by Gasteiger charge is -2.29. The maximum absolute atomic E-state index is 12.6. The summed E-state index contributed by atoms with van der Waals surface area (Å²) < 4.78 is 30.4. The van der Waals surface area contributed by atoms with Crippen molar-refractivity contribution in [2.24, 2.45) is 0 Å². The molecule has 1 unspecified atom stereocenters. The van der Waals surface area contributed by atoms with E-state index in [4.69, 9.17) is 10.5 Å². The zero-order valence-electron chi connectivity index (χ0n) is 11.7. The van der Waals surface area contributed by atoms with E-state index in [1.807, 2.05) is 24.3 Å². The molecule has 2 aromatic carbocycles. The molecule has 0 radical (unpaired) electrons. The first-order chi connectivity index (χ1) is 10.0. The third-order valence-electron chi connectivity index (χ3n) is 3.90. The first-order valence-electron chi connectivity index (χ1n) is 6.75. The van der Waals surface area contributed by atoms with E-state index in [0.717, 1.165) is 12.0 Å². The number of nitrogen functional groups attached to an aromatic ring is 1. The van der Waals surface area contributed by atoms with Crippen molar-refractivity contribution >= 4 is 15.5 Å². The summed E-state index contributed by atoms with van der Waals surface area (Å²) in [5.41, 5.74) is 8.53. The van der Waals surface area contributed by atoms with Crippen LogP contribution in [-0.4, -0.2) is 21.3 Å². The highest BCUT2D eigenvalue weighted by atomic mass is 32.2. The molecule has 0 aromatic heterocycles. The molecule has 0 spiro atoms. The van der Waals surface area contributed by atoms with Gasteiger partial charge >= 0.3 is 0 Å². The van der Waals surface area contributed by atoms with Crippen molar-refractivity contribution < 1.29 is 13.2 Å². The minimum atomic E-state index is -3.40. The SMILES string of the molecule is COc1cc(N)ccc1S(=O)(=O)CC1Cc2ccccc21. The van der Waals surface area contributed by atoms with Crippen molar-refractivity contribution in [1.29, 1.82) is 0 Å². The Morgan fingerprint density at radius 3 is 2.71 bits per heavy atom. The highest BCUT2D eigenvalue weighted by Gasteiger charge is 2.32. The van der Waals surface area contributed by atoms with Gasteiger partial charge in [-0.25, -0.2) is 8.42 Å². The summed E-state index contributed by atoms with van der Waals surface area (Å²) in [6.45, 7) is 0. The summed E-state index contributed by atoms with van der Waals surface area (Å²) >= 11 is 0. The second kappa shape index (κ2) is 5.07. The van der Waals surface area contributed by atoms with E-state index in [1.54, 1.807) is 12.1 Å². The third-order valence-corrected chi connectivity index (χ3v) is 5.75. The van der Waals surface area contributed by atoms with Gasteiger partial charge in [-0.2, -0.15) is 0 Å². The molecule has 0 saturated carbocycles. The Kier molecular flexibility index (Phi) is 3.37. The highest BCUT2D eigenvalue weighted by molar-refractivity contribution is 7.91. The molecule has 2 N–H and O–H groups in total. The van der Waals surface area contributed by atoms with E-state index in [2.05, 4.69) is 0 Å². The van der Waals surface area contributed by atoms with Crippen molar-refractivity contribution in [2.45, 2.75) is 17.2 Å². The largest absolute Gasteiger partial charge is 0.495 e. The molecule has 1 aliphatic rings. The monoisotopic (exact) mass is 303 g/mol. The predicted molar refractivity (Wildman–Crippen MR) is 82.3 cm³/mol. The quantitative estimate of drug-likeness (QED) is 0.881. The average molecular weight is 303 g/mol. The number of hydrogen-bond acceptors (Lipinski definition) is 4. The lowest BCUT2D eigenvalue weighted by molar-refractivity contribution is 0.403. The third kappa shape index (κ3) is 2.49. The lowest BCUT2D eigenvalue weighted by atomic mass is 9.79. The van der Waals surface area contributed by atoms with Crippen molar-refractivity contribution in [3.63, 3.8) is 0 Å². The summed E-state index contributed by atoms with van der Waals surface area (Å²) in [6.07, 6.45) is 0.812. The molecule has 0 bridgehead atoms. The van der Waals surface area contributed by atoms with Crippen molar-refractivity contribution in [2.75, 3.05) is 18.6 Å². The van der Waals surface area contributed by atoms with Crippen LogP contribution < -0.4 is 10.5 Å². The second-order valence-corrected chi connectivity index (χ2v) is 7.29. The van der Waals surface area contributed by atoms with Crippen LogP contribution in [0.1, 0.15) is 17.0 Å². The minimum absolute atomic E-state index is 0.0634. The summed E-state index contributed by atoms with van der Waals surface area (Å²) in [5.74, 6) is 0.473. The molecule has 3 rings (SSSR count). The van der Waals surface area contributed by atoms with Crippen LogP contribution in [0.2, 0.25) is 0 Å². The van der Waals surface area contributed by atoms with Gasteiger partial charge in [0.25, 0.3) is 0 Å². The standard InChI is InChI=1S/C16H17NO3S/c1-20-15-9-13(17)6-7-16(15)21(18,19)10-12-8-11-4-2-3-5-14(11)12/h2-7,9,12H,8,10,17H2,1H3. The van der Waals surface area contributed by atoms with Crippen molar-refractivity contribution in [3.8, 4) is 5.75 Å². The van der Waals surface area contributed by atoms with E-state index >= 15 is 0 Å². The van der Waals surface area contributed by atoms with Crippen LogP contribution in [0, 0.1) is 0 Å². The van der Waals surface area contributed by atoms with E-state index in [1.165, 1.54) is 18.7 Å². The zero-order valence-corrected chi connectivity index (χ0v) is 12.6. The summed E-state index contributed by atoms with van der Waals surface area (Å²) in [4.78, 5) is 0.212. The molecule has 5 heteroatoms. The Bertz CT molecular complexity index is 784. The van der Waals surface area contributed by atoms with Crippen LogP contribution in [0.15, 0.2) is 47.4 Å². The molecular formula is C16H17NO3S. The first kappa shape index (κ1) is 13.9. The van der Waals surface area contributed by atoms with Crippen LogP contribution in [0.25, 0.3) is 0 Å². The van der Waals surface area contributed by atoms with E-state index in [0.29, 0.717) is 11.4 Å². The molecule has 110 valence electrons. The Morgan fingerprint density at radius 2 is 2.00 bits per heavy atom. The van der Waals surface area contributed by atoms with Crippen LogP contribution >= 0.6 is 0 Å². The number of methoxy groups -OCH3 is 1. The molecule has 1 atom stereocenters. The number of sulfone groups is 1. The van der Waals surface area contributed by atoms with Gasteiger partial charge in [0.2, 0.25) is 0 Å². The Morgan fingerprint density at radius 1 is 1.24 bits per heavy atom. The molecule has 1 aliphatic carbocycles. The van der Waals surface area contributed by atoms with Crippen molar-refractivity contribution in [1.82, 2.24) is 0 Å². The number of fused-ring (bicyclic) bond motifs is 1. The van der Waals surface area contributed by atoms with Gasteiger partial charge < -0.3 is 10.5 Å². The topological polar surface area (TPSA) is 69.4 Å². The number of benzene rings is 2. The van der Waals surface area contributed by atoms with Gasteiger partial charge in [-0.05, 0) is 29.7 Å². The van der Waals surface area contributed by atoms with E-state index < -0.39 is 9.84 Å². The highest BCUT2D eigenvalue weighted by Crippen LogP contribution is 2.38. The Hall–Kier alpha value is -2.01. The van der Waals surface area contributed by atoms with Crippen LogP contribution in [-0.2, 0) is 16.3 Å². The molecule has 0 amide bonds. The molecule has 0 heterocycles. The van der Waals surface area contributed by atoms with Crippen LogP contribution in [0.4, 0.5) is 5.69 Å². The van der Waals surface area contributed by atoms with Gasteiger partial charge in [0.05, 0.1) is 12.9 Å². The average Bonchev–Trinajstić information content (AvgIpc) is 2.44. The molecule has 0 aliphatic heterocycles. The first-order valence-corrected chi connectivity index (χ1v) is 8.40. The fourth-order valence-corrected chi connectivity index (χ4v) is 4.54. The fraction of sp³-hybridized carbons (Fsp3) is 0.250. The molecular weight excluding hydrogens is 286 g/mol. The summed E-state index contributed by atoms with van der Waals surface area (Å²) in [5, 5.41) is 0. The predicted octanol–water partition coefficient (Wildman–Crippen LogP) is 2.39. The van der Waals surface area contributed by atoms with Gasteiger partial charge in [0, 0.05) is 17.7 Å².